The predicted octanol–water partition coefficient (Wildman–Crippen LogP) is 2.43. The number of benzene rings is 1. The lowest BCUT2D eigenvalue weighted by Crippen LogP contribution is -2.33. The number of nitrogens with one attached hydrogen (secondary N) is 1. The number of carbonyl (C=O) groups is 1. The van der Waals surface area contributed by atoms with Crippen LogP contribution < -0.4 is 15.7 Å². The second-order valence-electron chi connectivity index (χ2n) is 8.14. The van der Waals surface area contributed by atoms with Crippen LogP contribution in [0.2, 0.25) is 0 Å². The molecule has 6 nitrogen and oxygen atoms in total. The van der Waals surface area contributed by atoms with Gasteiger partial charge in [0.05, 0.1) is 12.0 Å². The Kier molecular flexibility index (Phi) is 5.29. The van der Waals surface area contributed by atoms with E-state index < -0.39 is 5.63 Å². The summed E-state index contributed by atoms with van der Waals surface area (Å²) in [5.41, 5.74) is 2.16. The number of nitrogens with zero attached hydrogens (tertiary/aromatic N) is 1. The van der Waals surface area contributed by atoms with Gasteiger partial charge in [-0.2, -0.15) is 0 Å². The van der Waals surface area contributed by atoms with Gasteiger partial charge >= 0.3 is 5.63 Å². The van der Waals surface area contributed by atoms with Crippen molar-refractivity contribution in [3.63, 3.8) is 0 Å². The van der Waals surface area contributed by atoms with Crippen LogP contribution in [0.25, 0.3) is 11.0 Å². The maximum absolute atomic E-state index is 12.5. The molecular formula is C21H28N2O4. The number of hydrogen-bond donors (Lipinski definition) is 1. The fourth-order valence-electron chi connectivity index (χ4n) is 3.38. The zero-order valence-corrected chi connectivity index (χ0v) is 16.8. The van der Waals surface area contributed by atoms with E-state index in [9.17, 15) is 9.59 Å². The van der Waals surface area contributed by atoms with Gasteiger partial charge < -0.3 is 19.4 Å². The molecule has 1 aliphatic rings. The summed E-state index contributed by atoms with van der Waals surface area (Å²) in [7, 11) is 3.89. The van der Waals surface area contributed by atoms with E-state index in [4.69, 9.17) is 9.15 Å². The van der Waals surface area contributed by atoms with Crippen LogP contribution in [-0.2, 0) is 17.6 Å². The smallest absolute Gasteiger partial charge is 0.340 e. The Labute approximate surface area is 159 Å². The average Bonchev–Trinajstić information content (AvgIpc) is 2.56. The average molecular weight is 372 g/mol. The maximum atomic E-state index is 12.5. The third-order valence-electron chi connectivity index (χ3n) is 5.07. The van der Waals surface area contributed by atoms with E-state index in [1.807, 2.05) is 32.0 Å². The van der Waals surface area contributed by atoms with Gasteiger partial charge in [-0.1, -0.05) is 0 Å². The number of rotatable bonds is 5. The van der Waals surface area contributed by atoms with Crippen LogP contribution in [-0.4, -0.2) is 43.6 Å². The van der Waals surface area contributed by atoms with Crippen molar-refractivity contribution in [2.24, 2.45) is 0 Å². The minimum atomic E-state index is -0.460. The van der Waals surface area contributed by atoms with E-state index in [0.717, 1.165) is 41.6 Å². The van der Waals surface area contributed by atoms with Crippen molar-refractivity contribution in [2.75, 3.05) is 27.2 Å². The van der Waals surface area contributed by atoms with Crippen LogP contribution in [0.5, 0.6) is 5.75 Å². The minimum Gasteiger partial charge on any atom is -0.487 e. The first-order valence-electron chi connectivity index (χ1n) is 9.36. The fraction of sp³-hybridized carbons (Fsp3) is 0.524. The van der Waals surface area contributed by atoms with Crippen LogP contribution >= 0.6 is 0 Å². The minimum absolute atomic E-state index is 0.0259. The molecule has 1 aromatic heterocycles. The molecule has 146 valence electrons. The zero-order chi connectivity index (χ0) is 19.8. The van der Waals surface area contributed by atoms with E-state index in [1.165, 1.54) is 0 Å². The number of fused-ring (bicyclic) bond motifs is 2. The highest BCUT2D eigenvalue weighted by Gasteiger charge is 2.27. The summed E-state index contributed by atoms with van der Waals surface area (Å²) in [5, 5.41) is 3.71. The summed E-state index contributed by atoms with van der Waals surface area (Å²) in [6, 6.07) is 3.84. The normalized spacial score (nSPS) is 15.5. The van der Waals surface area contributed by atoms with Gasteiger partial charge in [0.1, 0.15) is 16.9 Å². The molecule has 1 aliphatic heterocycles. The highest BCUT2D eigenvalue weighted by molar-refractivity contribution is 5.86. The van der Waals surface area contributed by atoms with Gasteiger partial charge in [-0.25, -0.2) is 4.79 Å². The molecule has 1 N–H and O–H groups in total. The number of amides is 1. The van der Waals surface area contributed by atoms with Crippen molar-refractivity contribution < 1.29 is 13.9 Å². The zero-order valence-electron chi connectivity index (χ0n) is 16.8. The predicted molar refractivity (Wildman–Crippen MR) is 106 cm³/mol. The maximum Gasteiger partial charge on any atom is 0.340 e. The van der Waals surface area contributed by atoms with Crippen LogP contribution in [0.3, 0.4) is 0 Å². The van der Waals surface area contributed by atoms with E-state index in [2.05, 4.69) is 19.2 Å². The van der Waals surface area contributed by atoms with E-state index in [1.54, 1.807) is 6.07 Å². The quantitative estimate of drug-likeness (QED) is 0.816. The van der Waals surface area contributed by atoms with Gasteiger partial charge in [-0.05, 0) is 64.9 Å². The summed E-state index contributed by atoms with van der Waals surface area (Å²) in [5.74, 6) is 0.602. The standard InChI is InChI=1S/C21H28N2O4/c1-13-15-10-14-6-7-21(2,3)27-17(14)12-18(15)26-20(25)16(13)11-19(24)22-8-9-23(4)5/h10,12H,6-9,11H2,1-5H3,(H,22,24). The van der Waals surface area contributed by atoms with Crippen molar-refractivity contribution in [1.82, 2.24) is 10.2 Å². The largest absolute Gasteiger partial charge is 0.487 e. The van der Waals surface area contributed by atoms with Crippen LogP contribution in [0.4, 0.5) is 0 Å². The molecule has 0 fully saturated rings. The Morgan fingerprint density at radius 2 is 2.04 bits per heavy atom. The molecule has 0 atom stereocenters. The van der Waals surface area contributed by atoms with Gasteiger partial charge in [0.2, 0.25) is 5.91 Å². The molecule has 3 rings (SSSR count). The van der Waals surface area contributed by atoms with Gasteiger partial charge in [-0.15, -0.1) is 0 Å². The van der Waals surface area contributed by atoms with E-state index in [0.29, 0.717) is 17.7 Å². The SMILES string of the molecule is Cc1c(CC(=O)NCCN(C)C)c(=O)oc2cc3c(cc12)CCC(C)(C)O3. The number of aryl methyl sites for hydroxylation is 2. The number of ether oxygens (including phenoxy) is 1. The third-order valence-corrected chi connectivity index (χ3v) is 5.07. The van der Waals surface area contributed by atoms with Gasteiger partial charge in [0.25, 0.3) is 0 Å². The molecule has 0 aliphatic carbocycles. The van der Waals surface area contributed by atoms with Crippen molar-refractivity contribution in [3.05, 3.63) is 39.2 Å². The van der Waals surface area contributed by atoms with Gasteiger partial charge in [0.15, 0.2) is 0 Å². The lowest BCUT2D eigenvalue weighted by Gasteiger charge is -2.32. The first-order valence-corrected chi connectivity index (χ1v) is 9.36. The Hall–Kier alpha value is -2.34. The monoisotopic (exact) mass is 372 g/mol. The van der Waals surface area contributed by atoms with Crippen molar-refractivity contribution in [3.8, 4) is 5.75 Å². The molecule has 0 bridgehead atoms. The number of carbonyl (C=O) groups excluding carboxylic acids is 1. The number of hydrogen-bond acceptors (Lipinski definition) is 5. The van der Waals surface area contributed by atoms with E-state index in [-0.39, 0.29) is 17.9 Å². The first-order chi connectivity index (χ1) is 12.7. The Balaban J connectivity index is 1.90. The van der Waals surface area contributed by atoms with Crippen LogP contribution in [0, 0.1) is 6.92 Å². The molecule has 0 unspecified atom stereocenters. The summed E-state index contributed by atoms with van der Waals surface area (Å²) in [6.45, 7) is 7.28. The highest BCUT2D eigenvalue weighted by Crippen LogP contribution is 2.36. The fourth-order valence-corrected chi connectivity index (χ4v) is 3.38. The van der Waals surface area contributed by atoms with Gasteiger partial charge in [0, 0.05) is 24.5 Å². The second-order valence-corrected chi connectivity index (χ2v) is 8.14. The molecule has 2 aromatic rings. The summed E-state index contributed by atoms with van der Waals surface area (Å²) < 4.78 is 11.6. The first kappa shape index (κ1) is 19.4. The summed E-state index contributed by atoms with van der Waals surface area (Å²) in [4.78, 5) is 26.7. The number of likely N-dealkylation sites (N-methyl/N-ethyl adjacent to an activating group) is 1. The Morgan fingerprint density at radius 1 is 1.30 bits per heavy atom. The molecule has 0 saturated heterocycles. The molecule has 27 heavy (non-hydrogen) atoms. The summed E-state index contributed by atoms with van der Waals surface area (Å²) >= 11 is 0. The Bertz CT molecular complexity index is 928. The highest BCUT2D eigenvalue weighted by atomic mass is 16.5. The molecule has 0 saturated carbocycles. The van der Waals surface area contributed by atoms with Crippen molar-refractivity contribution in [1.29, 1.82) is 0 Å². The molecule has 0 spiro atoms. The Morgan fingerprint density at radius 3 is 2.74 bits per heavy atom. The lowest BCUT2D eigenvalue weighted by atomic mass is 9.92. The van der Waals surface area contributed by atoms with Gasteiger partial charge in [-0.3, -0.25) is 4.79 Å². The molecule has 6 heteroatoms. The topological polar surface area (TPSA) is 71.8 Å². The molecule has 1 aromatic carbocycles. The molecular weight excluding hydrogens is 344 g/mol. The second kappa shape index (κ2) is 7.35. The third kappa shape index (κ3) is 4.33. The summed E-state index contributed by atoms with van der Waals surface area (Å²) in [6.07, 6.45) is 1.87. The molecule has 1 amide bonds. The molecule has 2 heterocycles. The van der Waals surface area contributed by atoms with Crippen molar-refractivity contribution in [2.45, 2.75) is 45.6 Å². The van der Waals surface area contributed by atoms with Crippen LogP contribution in [0.15, 0.2) is 21.3 Å². The lowest BCUT2D eigenvalue weighted by molar-refractivity contribution is -0.120. The van der Waals surface area contributed by atoms with Crippen LogP contribution in [0.1, 0.15) is 37.0 Å². The molecule has 0 radical (unpaired) electrons. The van der Waals surface area contributed by atoms with E-state index >= 15 is 0 Å². The van der Waals surface area contributed by atoms with Crippen molar-refractivity contribution >= 4 is 16.9 Å².